The molecule has 2 aromatic carbocycles. The lowest BCUT2D eigenvalue weighted by molar-refractivity contribution is 0.584. The highest BCUT2D eigenvalue weighted by molar-refractivity contribution is 5.80. The van der Waals surface area contributed by atoms with Crippen LogP contribution in [0.1, 0.15) is 0 Å². The lowest BCUT2D eigenvalue weighted by Gasteiger charge is -2.02. The normalized spacial score (nSPS) is 11.7. The average molecular weight is 206 g/mol. The van der Waals surface area contributed by atoms with Gasteiger partial charge in [-0.1, -0.05) is 6.07 Å². The maximum Gasteiger partial charge on any atom is 0.134 e. The molecule has 0 fully saturated rings. The van der Waals surface area contributed by atoms with Gasteiger partial charge in [-0.25, -0.2) is 13.2 Å². The van der Waals surface area contributed by atoms with Crippen molar-refractivity contribution in [2.45, 2.75) is 0 Å². The van der Waals surface area contributed by atoms with Crippen LogP contribution in [0.2, 0.25) is 0 Å². The Morgan fingerprint density at radius 1 is 0.667 bits per heavy atom. The topological polar surface area (TPSA) is 0 Å². The molecule has 15 heavy (non-hydrogen) atoms. The first-order valence-electron chi connectivity index (χ1n) is 4.46. The third-order valence-corrected chi connectivity index (χ3v) is 2.61. The van der Waals surface area contributed by atoms with E-state index in [0.717, 1.165) is 0 Å². The van der Waals surface area contributed by atoms with Crippen molar-refractivity contribution in [2.75, 3.05) is 0 Å². The lowest BCUT2D eigenvalue weighted by atomic mass is 10.1. The minimum Gasteiger partial charge on any atom is -0.206 e. The van der Waals surface area contributed by atoms with Crippen LogP contribution in [0.5, 0.6) is 0 Å². The molecular weight excluding hydrogens is 201 g/mol. The molecule has 0 amide bonds. The third-order valence-electron chi connectivity index (χ3n) is 2.61. The highest BCUT2D eigenvalue weighted by Crippen LogP contribution is 2.38. The van der Waals surface area contributed by atoms with Gasteiger partial charge in [0.25, 0.3) is 0 Å². The van der Waals surface area contributed by atoms with Crippen LogP contribution in [0.15, 0.2) is 30.3 Å². The molecule has 0 nitrogen and oxygen atoms in total. The van der Waals surface area contributed by atoms with Crippen LogP contribution in [0.4, 0.5) is 13.2 Å². The van der Waals surface area contributed by atoms with Crippen LogP contribution in [-0.2, 0) is 0 Å². The first-order chi connectivity index (χ1) is 7.16. The summed E-state index contributed by atoms with van der Waals surface area (Å²) in [7, 11) is 0. The van der Waals surface area contributed by atoms with E-state index in [1.165, 1.54) is 30.3 Å². The Labute approximate surface area is 84.0 Å². The second-order valence-electron chi connectivity index (χ2n) is 3.51. The van der Waals surface area contributed by atoms with Crippen molar-refractivity contribution >= 4 is 0 Å². The highest BCUT2D eigenvalue weighted by Gasteiger charge is 2.21. The molecule has 0 aliphatic heterocycles. The largest absolute Gasteiger partial charge is 0.206 e. The molecule has 0 saturated carbocycles. The monoisotopic (exact) mass is 206 g/mol. The Morgan fingerprint density at radius 3 is 2.00 bits per heavy atom. The number of hydrogen-bond donors (Lipinski definition) is 0. The van der Waals surface area contributed by atoms with E-state index in [4.69, 9.17) is 0 Å². The third kappa shape index (κ3) is 1.03. The van der Waals surface area contributed by atoms with Crippen molar-refractivity contribution in [3.8, 4) is 22.3 Å². The number of fused-ring (bicyclic) bond motifs is 2. The minimum absolute atomic E-state index is 0.0116. The molecule has 0 N–H and O–H groups in total. The SMILES string of the molecule is Fc1ccc2cc1-c1c(F)cc-2cc1F. The molecule has 4 bridgehead atoms. The van der Waals surface area contributed by atoms with E-state index in [9.17, 15) is 13.2 Å². The van der Waals surface area contributed by atoms with Crippen LogP contribution in [-0.4, -0.2) is 0 Å². The smallest absolute Gasteiger partial charge is 0.134 e. The van der Waals surface area contributed by atoms with Crippen molar-refractivity contribution in [3.05, 3.63) is 47.8 Å². The van der Waals surface area contributed by atoms with Gasteiger partial charge < -0.3 is 0 Å². The minimum atomic E-state index is -0.717. The Balaban J connectivity index is 2.54. The Bertz CT molecular complexity index is 550. The maximum absolute atomic E-state index is 13.5. The molecule has 0 saturated heterocycles. The van der Waals surface area contributed by atoms with Crippen LogP contribution in [0, 0.1) is 17.5 Å². The summed E-state index contributed by atoms with van der Waals surface area (Å²) in [6.45, 7) is 0. The van der Waals surface area contributed by atoms with Gasteiger partial charge in [0.05, 0.1) is 5.56 Å². The quantitative estimate of drug-likeness (QED) is 0.525. The van der Waals surface area contributed by atoms with E-state index in [0.29, 0.717) is 11.1 Å². The summed E-state index contributed by atoms with van der Waals surface area (Å²) < 4.78 is 40.3. The predicted molar refractivity (Wildman–Crippen MR) is 50.7 cm³/mol. The van der Waals surface area contributed by atoms with Crippen molar-refractivity contribution < 1.29 is 13.2 Å². The van der Waals surface area contributed by atoms with Gasteiger partial charge in [-0.3, -0.25) is 0 Å². The lowest BCUT2D eigenvalue weighted by Crippen LogP contribution is -1.89. The standard InChI is InChI=1S/C12H5F3/c13-9-2-1-6-3-8(9)12-10(14)4-7(6)5-11(12)15/h1-5H. The van der Waals surface area contributed by atoms with Crippen LogP contribution >= 0.6 is 0 Å². The fraction of sp³-hybridized carbons (Fsp3) is 0. The number of halogens is 3. The van der Waals surface area contributed by atoms with E-state index in [1.54, 1.807) is 0 Å². The van der Waals surface area contributed by atoms with Gasteiger partial charge in [-0.05, 0) is 35.4 Å². The highest BCUT2D eigenvalue weighted by atomic mass is 19.1. The van der Waals surface area contributed by atoms with Crippen LogP contribution < -0.4 is 0 Å². The summed E-state index contributed by atoms with van der Waals surface area (Å²) in [5, 5.41) is 0. The molecule has 74 valence electrons. The summed E-state index contributed by atoms with van der Waals surface area (Å²) >= 11 is 0. The van der Waals surface area contributed by atoms with Crippen LogP contribution in [0.3, 0.4) is 0 Å². The molecular formula is C12H5F3. The average Bonchev–Trinajstić information content (AvgIpc) is 2.36. The summed E-state index contributed by atoms with van der Waals surface area (Å²) in [5.74, 6) is -2.04. The number of hydrogen-bond acceptors (Lipinski definition) is 0. The van der Waals surface area contributed by atoms with Gasteiger partial charge in [0, 0.05) is 5.56 Å². The van der Waals surface area contributed by atoms with Gasteiger partial charge in [-0.2, -0.15) is 0 Å². The summed E-state index contributed by atoms with van der Waals surface area (Å²) in [5.41, 5.74) is 0.773. The van der Waals surface area contributed by atoms with E-state index >= 15 is 0 Å². The molecule has 2 aliphatic rings. The molecule has 3 heteroatoms. The first kappa shape index (κ1) is 8.53. The summed E-state index contributed by atoms with van der Waals surface area (Å²) in [4.78, 5) is 0. The van der Waals surface area contributed by atoms with E-state index in [2.05, 4.69) is 0 Å². The molecule has 4 rings (SSSR count). The second-order valence-corrected chi connectivity index (χ2v) is 3.51. The van der Waals surface area contributed by atoms with Gasteiger partial charge in [0.15, 0.2) is 0 Å². The van der Waals surface area contributed by atoms with E-state index < -0.39 is 17.5 Å². The zero-order valence-electron chi connectivity index (χ0n) is 7.52. The predicted octanol–water partition coefficient (Wildman–Crippen LogP) is 3.75. The molecule has 2 aliphatic carbocycles. The maximum atomic E-state index is 13.5. The van der Waals surface area contributed by atoms with Crippen molar-refractivity contribution in [1.29, 1.82) is 0 Å². The van der Waals surface area contributed by atoms with Crippen molar-refractivity contribution in [2.24, 2.45) is 0 Å². The Kier molecular flexibility index (Phi) is 1.49. The van der Waals surface area contributed by atoms with Gasteiger partial charge in [0.1, 0.15) is 17.5 Å². The summed E-state index contributed by atoms with van der Waals surface area (Å²) in [6, 6.07) is 6.64. The molecule has 0 atom stereocenters. The van der Waals surface area contributed by atoms with Crippen molar-refractivity contribution in [3.63, 3.8) is 0 Å². The van der Waals surface area contributed by atoms with E-state index in [-0.39, 0.29) is 11.1 Å². The first-order valence-corrected chi connectivity index (χ1v) is 4.46. The van der Waals surface area contributed by atoms with Gasteiger partial charge >= 0.3 is 0 Å². The zero-order chi connectivity index (χ0) is 10.6. The molecule has 0 radical (unpaired) electrons. The molecule has 0 spiro atoms. The zero-order valence-corrected chi connectivity index (χ0v) is 7.52. The van der Waals surface area contributed by atoms with Gasteiger partial charge in [0.2, 0.25) is 0 Å². The second kappa shape index (κ2) is 2.63. The molecule has 0 unspecified atom stereocenters. The Morgan fingerprint density at radius 2 is 1.33 bits per heavy atom. The van der Waals surface area contributed by atoms with Gasteiger partial charge in [-0.15, -0.1) is 0 Å². The fourth-order valence-corrected chi connectivity index (χ4v) is 1.89. The van der Waals surface area contributed by atoms with E-state index in [1.807, 2.05) is 0 Å². The van der Waals surface area contributed by atoms with Crippen molar-refractivity contribution in [1.82, 2.24) is 0 Å². The molecule has 0 aromatic heterocycles. The summed E-state index contributed by atoms with van der Waals surface area (Å²) in [6.07, 6.45) is 0. The number of benzene rings is 2. The fourth-order valence-electron chi connectivity index (χ4n) is 1.89. The van der Waals surface area contributed by atoms with Crippen LogP contribution in [0.25, 0.3) is 22.3 Å². The molecule has 0 heterocycles. The molecule has 2 aromatic rings. The Hall–Kier alpha value is -1.77. The number of rotatable bonds is 0.